The first kappa shape index (κ1) is 23.6. The summed E-state index contributed by atoms with van der Waals surface area (Å²) in [5.74, 6) is -0.195. The summed E-state index contributed by atoms with van der Waals surface area (Å²) >= 11 is 3.55. The van der Waals surface area contributed by atoms with E-state index in [9.17, 15) is 9.18 Å². The van der Waals surface area contributed by atoms with Gasteiger partial charge in [0, 0.05) is 48.1 Å². The molecule has 0 aliphatic carbocycles. The van der Waals surface area contributed by atoms with Gasteiger partial charge >= 0.3 is 0 Å². The topological polar surface area (TPSA) is 36.4 Å². The van der Waals surface area contributed by atoms with Gasteiger partial charge in [-0.15, -0.1) is 0 Å². The lowest BCUT2D eigenvalue weighted by Gasteiger charge is -2.35. The van der Waals surface area contributed by atoms with E-state index in [0.29, 0.717) is 25.2 Å². The quantitative estimate of drug-likeness (QED) is 0.302. The average Bonchev–Trinajstić information content (AvgIpc) is 2.88. The first-order chi connectivity index (χ1) is 17.0. The molecule has 0 atom stereocenters. The van der Waals surface area contributed by atoms with Crippen LogP contribution in [-0.4, -0.2) is 46.9 Å². The van der Waals surface area contributed by atoms with E-state index in [4.69, 9.17) is 4.98 Å². The van der Waals surface area contributed by atoms with Crippen molar-refractivity contribution < 1.29 is 9.18 Å². The van der Waals surface area contributed by atoms with Gasteiger partial charge < -0.3 is 4.90 Å². The third kappa shape index (κ3) is 5.29. The van der Waals surface area contributed by atoms with Gasteiger partial charge in [-0.25, -0.2) is 9.37 Å². The molecule has 1 amide bonds. The fourth-order valence-corrected chi connectivity index (χ4v) is 4.97. The second kappa shape index (κ2) is 10.3. The van der Waals surface area contributed by atoms with Gasteiger partial charge in [-0.05, 0) is 53.9 Å². The highest BCUT2D eigenvalue weighted by molar-refractivity contribution is 9.10. The maximum atomic E-state index is 13.7. The SMILES string of the molecule is CCc1ccc(-c2cc(C(=O)N3CCN(Cc4cccc(F)c4)CC3)c3cc(Br)ccc3n2)cc1. The van der Waals surface area contributed by atoms with Crippen LogP contribution in [-0.2, 0) is 13.0 Å². The molecule has 2 heterocycles. The van der Waals surface area contributed by atoms with Crippen LogP contribution in [0.25, 0.3) is 22.2 Å². The lowest BCUT2D eigenvalue weighted by Crippen LogP contribution is -2.48. The number of nitrogens with zero attached hydrogens (tertiary/aromatic N) is 3. The van der Waals surface area contributed by atoms with E-state index in [-0.39, 0.29) is 11.7 Å². The average molecular weight is 532 g/mol. The summed E-state index contributed by atoms with van der Waals surface area (Å²) in [6, 6.07) is 22.9. The van der Waals surface area contributed by atoms with Crippen LogP contribution < -0.4 is 0 Å². The zero-order valence-electron chi connectivity index (χ0n) is 19.7. The molecule has 178 valence electrons. The molecular weight excluding hydrogens is 505 g/mol. The number of fused-ring (bicyclic) bond motifs is 1. The van der Waals surface area contributed by atoms with Crippen LogP contribution in [0.5, 0.6) is 0 Å². The number of benzene rings is 3. The fraction of sp³-hybridized carbons (Fsp3) is 0.241. The fourth-order valence-electron chi connectivity index (χ4n) is 4.61. The molecule has 5 rings (SSSR count). The van der Waals surface area contributed by atoms with Crippen molar-refractivity contribution in [2.45, 2.75) is 19.9 Å². The van der Waals surface area contributed by atoms with Crippen LogP contribution in [0, 0.1) is 5.82 Å². The third-order valence-electron chi connectivity index (χ3n) is 6.61. The highest BCUT2D eigenvalue weighted by Crippen LogP contribution is 2.29. The molecule has 0 radical (unpaired) electrons. The number of halogens is 2. The maximum Gasteiger partial charge on any atom is 0.254 e. The Morgan fingerprint density at radius 2 is 1.71 bits per heavy atom. The molecule has 3 aromatic carbocycles. The summed E-state index contributed by atoms with van der Waals surface area (Å²) in [6.07, 6.45) is 0.981. The molecule has 1 aliphatic heterocycles. The Morgan fingerprint density at radius 1 is 0.943 bits per heavy atom. The first-order valence-electron chi connectivity index (χ1n) is 12.0. The smallest absolute Gasteiger partial charge is 0.254 e. The van der Waals surface area contributed by atoms with Gasteiger partial charge in [0.1, 0.15) is 5.82 Å². The number of amides is 1. The van der Waals surface area contributed by atoms with E-state index in [2.05, 4.69) is 52.0 Å². The van der Waals surface area contributed by atoms with Crippen molar-refractivity contribution in [2.24, 2.45) is 0 Å². The molecule has 4 nitrogen and oxygen atoms in total. The van der Waals surface area contributed by atoms with Gasteiger partial charge in [-0.2, -0.15) is 0 Å². The van der Waals surface area contributed by atoms with Gasteiger partial charge in [0.2, 0.25) is 0 Å². The van der Waals surface area contributed by atoms with Crippen LogP contribution in [0.2, 0.25) is 0 Å². The van der Waals surface area contributed by atoms with Crippen LogP contribution in [0.3, 0.4) is 0 Å². The molecule has 1 aliphatic rings. The number of aryl methyl sites for hydroxylation is 1. The van der Waals surface area contributed by atoms with E-state index >= 15 is 0 Å². The second-order valence-corrected chi connectivity index (χ2v) is 9.88. The van der Waals surface area contributed by atoms with Crippen molar-refractivity contribution >= 4 is 32.7 Å². The normalized spacial score (nSPS) is 14.4. The molecule has 1 aromatic heterocycles. The third-order valence-corrected chi connectivity index (χ3v) is 7.11. The van der Waals surface area contributed by atoms with Crippen molar-refractivity contribution in [2.75, 3.05) is 26.2 Å². The molecule has 1 saturated heterocycles. The number of carbonyl (C=O) groups excluding carboxylic acids is 1. The Hall–Kier alpha value is -3.09. The van der Waals surface area contributed by atoms with Crippen molar-refractivity contribution in [3.05, 3.63) is 99.8 Å². The van der Waals surface area contributed by atoms with Crippen LogP contribution in [0.15, 0.2) is 77.3 Å². The highest BCUT2D eigenvalue weighted by atomic mass is 79.9. The van der Waals surface area contributed by atoms with Crippen molar-refractivity contribution in [3.8, 4) is 11.3 Å². The van der Waals surface area contributed by atoms with Crippen molar-refractivity contribution in [1.29, 1.82) is 0 Å². The molecule has 0 bridgehead atoms. The summed E-state index contributed by atoms with van der Waals surface area (Å²) < 4.78 is 14.5. The number of hydrogen-bond acceptors (Lipinski definition) is 3. The summed E-state index contributed by atoms with van der Waals surface area (Å²) in [5, 5.41) is 0.848. The summed E-state index contributed by atoms with van der Waals surface area (Å²) in [5.41, 5.74) is 5.50. The Balaban J connectivity index is 1.40. The lowest BCUT2D eigenvalue weighted by atomic mass is 10.0. The molecule has 6 heteroatoms. The van der Waals surface area contributed by atoms with Crippen molar-refractivity contribution in [1.82, 2.24) is 14.8 Å². The zero-order valence-corrected chi connectivity index (χ0v) is 21.3. The molecule has 35 heavy (non-hydrogen) atoms. The van der Waals surface area contributed by atoms with Gasteiger partial charge in [0.25, 0.3) is 5.91 Å². The minimum absolute atomic E-state index is 0.0207. The van der Waals surface area contributed by atoms with Gasteiger partial charge in [0.15, 0.2) is 0 Å². The number of piperazine rings is 1. The Kier molecular flexibility index (Phi) is 6.93. The van der Waals surface area contributed by atoms with Crippen molar-refractivity contribution in [3.63, 3.8) is 0 Å². The van der Waals surface area contributed by atoms with Crippen LogP contribution in [0.4, 0.5) is 4.39 Å². The lowest BCUT2D eigenvalue weighted by molar-refractivity contribution is 0.0630. The monoisotopic (exact) mass is 531 g/mol. The number of aromatic nitrogens is 1. The summed E-state index contributed by atoms with van der Waals surface area (Å²) in [6.45, 7) is 5.58. The zero-order chi connectivity index (χ0) is 24.4. The van der Waals surface area contributed by atoms with E-state index in [1.54, 1.807) is 12.1 Å². The van der Waals surface area contributed by atoms with E-state index < -0.39 is 0 Å². The molecule has 4 aromatic rings. The number of carbonyl (C=O) groups is 1. The Labute approximate surface area is 213 Å². The Bertz CT molecular complexity index is 1360. The van der Waals surface area contributed by atoms with E-state index in [1.165, 1.54) is 11.6 Å². The number of hydrogen-bond donors (Lipinski definition) is 0. The van der Waals surface area contributed by atoms with Gasteiger partial charge in [-0.3, -0.25) is 9.69 Å². The predicted octanol–water partition coefficient (Wildman–Crippen LogP) is 6.32. The maximum absolute atomic E-state index is 13.7. The minimum atomic E-state index is -0.216. The standard InChI is InChI=1S/C29H27BrFN3O/c1-2-20-6-8-22(9-7-20)28-18-26(25-17-23(30)10-11-27(25)32-28)29(35)34-14-12-33(13-15-34)19-21-4-3-5-24(31)16-21/h3-11,16-18H,2,12-15,19H2,1H3. The van der Waals surface area contributed by atoms with Gasteiger partial charge in [0.05, 0.1) is 16.8 Å². The van der Waals surface area contributed by atoms with Gasteiger partial charge in [-0.1, -0.05) is 59.3 Å². The summed E-state index contributed by atoms with van der Waals surface area (Å²) in [4.78, 5) is 22.8. The van der Waals surface area contributed by atoms with Crippen LogP contribution in [0.1, 0.15) is 28.4 Å². The molecule has 1 fully saturated rings. The predicted molar refractivity (Wildman–Crippen MR) is 142 cm³/mol. The minimum Gasteiger partial charge on any atom is -0.336 e. The molecule has 0 unspecified atom stereocenters. The Morgan fingerprint density at radius 3 is 2.43 bits per heavy atom. The highest BCUT2D eigenvalue weighted by Gasteiger charge is 2.24. The van der Waals surface area contributed by atoms with Crippen LogP contribution >= 0.6 is 15.9 Å². The molecule has 0 spiro atoms. The van der Waals surface area contributed by atoms with E-state index in [1.807, 2.05) is 35.2 Å². The summed E-state index contributed by atoms with van der Waals surface area (Å²) in [7, 11) is 0. The first-order valence-corrected chi connectivity index (χ1v) is 12.7. The molecule has 0 saturated carbocycles. The number of pyridine rings is 1. The largest absolute Gasteiger partial charge is 0.336 e. The molecular formula is C29H27BrFN3O. The second-order valence-electron chi connectivity index (χ2n) is 8.97. The molecule has 0 N–H and O–H groups in total. The van der Waals surface area contributed by atoms with E-state index in [0.717, 1.165) is 51.7 Å². The number of rotatable bonds is 5.